The lowest BCUT2D eigenvalue weighted by Crippen LogP contribution is -2.47. The minimum atomic E-state index is -4.62. The van der Waals surface area contributed by atoms with E-state index in [9.17, 15) is 18.3 Å². The van der Waals surface area contributed by atoms with Crippen LogP contribution in [0.5, 0.6) is 0 Å². The number of aliphatic hydroxyl groups is 1. The van der Waals surface area contributed by atoms with Gasteiger partial charge in [-0.05, 0) is 25.7 Å². The van der Waals surface area contributed by atoms with Crippen LogP contribution >= 0.6 is 0 Å². The Morgan fingerprint density at radius 1 is 1.35 bits per heavy atom. The maximum Gasteiger partial charge on any atom is 0.453 e. The lowest BCUT2D eigenvalue weighted by atomic mass is 9.91. The Hall–Kier alpha value is -1.90. The van der Waals surface area contributed by atoms with Crippen LogP contribution in [0.4, 0.5) is 19.0 Å². The van der Waals surface area contributed by atoms with E-state index in [-0.39, 0.29) is 24.3 Å². The minimum absolute atomic E-state index is 0.0646. The smallest absolute Gasteiger partial charge is 0.394 e. The lowest BCUT2D eigenvalue weighted by molar-refractivity contribution is -0.144. The fourth-order valence-electron chi connectivity index (χ4n) is 3.10. The Morgan fingerprint density at radius 3 is 2.74 bits per heavy atom. The summed E-state index contributed by atoms with van der Waals surface area (Å²) in [6, 6.07) is 1.52. The maximum absolute atomic E-state index is 12.9. The first-order chi connectivity index (χ1) is 10.8. The molecule has 1 N–H and O–H groups in total. The second-order valence-corrected chi connectivity index (χ2v) is 5.96. The number of rotatable bonds is 2. The molecule has 0 radical (unpaired) electrons. The highest BCUT2D eigenvalue weighted by Gasteiger charge is 2.37. The number of hydrogen-bond donors (Lipinski definition) is 1. The summed E-state index contributed by atoms with van der Waals surface area (Å²) in [6.45, 7) is 4.31. The quantitative estimate of drug-likeness (QED) is 0.913. The Bertz CT molecular complexity index is 714. The van der Waals surface area contributed by atoms with Gasteiger partial charge in [0.25, 0.3) is 11.6 Å². The molecule has 2 aromatic heterocycles. The van der Waals surface area contributed by atoms with Crippen molar-refractivity contribution in [3.8, 4) is 0 Å². The number of aliphatic hydroxyl groups excluding tert-OH is 1. The molecule has 2 aromatic rings. The van der Waals surface area contributed by atoms with Crippen molar-refractivity contribution in [3.05, 3.63) is 17.6 Å². The zero-order valence-corrected chi connectivity index (χ0v) is 12.9. The first-order valence-electron chi connectivity index (χ1n) is 7.50. The molecule has 0 bridgehead atoms. The Morgan fingerprint density at radius 2 is 2.09 bits per heavy atom. The molecule has 6 nitrogen and oxygen atoms in total. The number of hydrogen-bond acceptors (Lipinski definition) is 5. The third-order valence-electron chi connectivity index (χ3n) is 4.27. The van der Waals surface area contributed by atoms with Crippen molar-refractivity contribution in [2.45, 2.75) is 38.9 Å². The highest BCUT2D eigenvalue weighted by atomic mass is 19.4. The summed E-state index contributed by atoms with van der Waals surface area (Å²) in [5.41, 5.74) is 0.559. The average Bonchev–Trinajstić information content (AvgIpc) is 2.90. The van der Waals surface area contributed by atoms with Crippen molar-refractivity contribution in [2.75, 3.05) is 18.1 Å². The van der Waals surface area contributed by atoms with E-state index in [2.05, 4.69) is 15.1 Å². The zero-order chi connectivity index (χ0) is 16.8. The van der Waals surface area contributed by atoms with Crippen LogP contribution in [0.1, 0.15) is 31.3 Å². The summed E-state index contributed by atoms with van der Waals surface area (Å²) in [5.74, 6) is -0.561. The summed E-state index contributed by atoms with van der Waals surface area (Å²) < 4.78 is 39.8. The predicted octanol–water partition coefficient (Wildman–Crippen LogP) is 2.05. The van der Waals surface area contributed by atoms with Gasteiger partial charge in [-0.1, -0.05) is 6.92 Å². The van der Waals surface area contributed by atoms with E-state index in [0.29, 0.717) is 18.1 Å². The monoisotopic (exact) mass is 329 g/mol. The van der Waals surface area contributed by atoms with Gasteiger partial charge in [0.05, 0.1) is 12.6 Å². The van der Waals surface area contributed by atoms with E-state index in [0.717, 1.165) is 17.4 Å². The minimum Gasteiger partial charge on any atom is -0.394 e. The molecular weight excluding hydrogens is 311 g/mol. The molecule has 23 heavy (non-hydrogen) atoms. The summed E-state index contributed by atoms with van der Waals surface area (Å²) in [5, 5.41) is 13.3. The average molecular weight is 329 g/mol. The molecule has 0 saturated carbocycles. The molecule has 0 spiro atoms. The third-order valence-corrected chi connectivity index (χ3v) is 4.27. The standard InChI is InChI=1S/C14H18F3N5O/c1-8-4-3-5-21(10(8)7-23)11-6-9(2)18-13-19-12(14(15,16)17)20-22(11)13/h6,8,10,23H,3-5,7H2,1-2H3/t8-,10+/m1/s1. The van der Waals surface area contributed by atoms with Crippen LogP contribution in [0.3, 0.4) is 0 Å². The number of alkyl halides is 3. The number of halogens is 3. The molecule has 2 atom stereocenters. The largest absolute Gasteiger partial charge is 0.453 e. The van der Waals surface area contributed by atoms with Gasteiger partial charge in [0, 0.05) is 18.3 Å². The molecule has 1 aliphatic heterocycles. The van der Waals surface area contributed by atoms with Gasteiger partial charge < -0.3 is 10.0 Å². The first kappa shape index (κ1) is 16.0. The molecule has 3 rings (SSSR count). The molecule has 126 valence electrons. The second kappa shape index (κ2) is 5.63. The number of aryl methyl sites for hydroxylation is 1. The topological polar surface area (TPSA) is 66.5 Å². The number of piperidine rings is 1. The van der Waals surface area contributed by atoms with Crippen LogP contribution in [0.25, 0.3) is 5.78 Å². The van der Waals surface area contributed by atoms with E-state index in [4.69, 9.17) is 0 Å². The number of fused-ring (bicyclic) bond motifs is 1. The van der Waals surface area contributed by atoms with E-state index < -0.39 is 12.0 Å². The molecule has 1 saturated heterocycles. The fraction of sp³-hybridized carbons (Fsp3) is 0.643. The molecule has 1 fully saturated rings. The Kier molecular flexibility index (Phi) is 3.91. The molecular formula is C14H18F3N5O. The Labute approximate surface area is 131 Å². The lowest BCUT2D eigenvalue weighted by Gasteiger charge is -2.40. The van der Waals surface area contributed by atoms with Crippen molar-refractivity contribution in [1.82, 2.24) is 19.6 Å². The van der Waals surface area contributed by atoms with Crippen LogP contribution in [0, 0.1) is 12.8 Å². The summed E-state index contributed by atoms with van der Waals surface area (Å²) >= 11 is 0. The van der Waals surface area contributed by atoms with Crippen LogP contribution in [0.2, 0.25) is 0 Å². The van der Waals surface area contributed by atoms with Crippen LogP contribution < -0.4 is 4.90 Å². The highest BCUT2D eigenvalue weighted by molar-refractivity contribution is 5.49. The van der Waals surface area contributed by atoms with E-state index >= 15 is 0 Å². The van der Waals surface area contributed by atoms with E-state index in [1.807, 2.05) is 11.8 Å². The van der Waals surface area contributed by atoms with Gasteiger partial charge in [-0.2, -0.15) is 22.7 Å². The second-order valence-electron chi connectivity index (χ2n) is 5.96. The first-order valence-corrected chi connectivity index (χ1v) is 7.50. The molecule has 0 aromatic carbocycles. The summed E-state index contributed by atoms with van der Waals surface area (Å²) in [4.78, 5) is 9.44. The number of anilines is 1. The highest BCUT2D eigenvalue weighted by Crippen LogP contribution is 2.31. The summed E-state index contributed by atoms with van der Waals surface area (Å²) in [7, 11) is 0. The van der Waals surface area contributed by atoms with Gasteiger partial charge in [0.15, 0.2) is 0 Å². The zero-order valence-electron chi connectivity index (χ0n) is 12.9. The maximum atomic E-state index is 12.9. The van der Waals surface area contributed by atoms with Crippen LogP contribution in [-0.2, 0) is 6.18 Å². The van der Waals surface area contributed by atoms with Crippen molar-refractivity contribution in [1.29, 1.82) is 0 Å². The Balaban J connectivity index is 2.14. The van der Waals surface area contributed by atoms with Crippen LogP contribution in [0.15, 0.2) is 6.07 Å². The molecule has 3 heterocycles. The molecule has 1 aliphatic rings. The third kappa shape index (κ3) is 2.85. The van der Waals surface area contributed by atoms with Gasteiger partial charge in [-0.15, -0.1) is 5.10 Å². The van der Waals surface area contributed by atoms with Gasteiger partial charge >= 0.3 is 6.18 Å². The molecule has 0 amide bonds. The number of nitrogens with zero attached hydrogens (tertiary/aromatic N) is 5. The van der Waals surface area contributed by atoms with Crippen LogP contribution in [-0.4, -0.2) is 43.9 Å². The number of aromatic nitrogens is 4. The van der Waals surface area contributed by atoms with Crippen molar-refractivity contribution < 1.29 is 18.3 Å². The SMILES string of the molecule is Cc1cc(N2CCC[C@@H](C)[C@@H]2CO)n2nc(C(F)(F)F)nc2n1. The fourth-order valence-corrected chi connectivity index (χ4v) is 3.10. The van der Waals surface area contributed by atoms with E-state index in [1.54, 1.807) is 13.0 Å². The van der Waals surface area contributed by atoms with Gasteiger partial charge in [-0.25, -0.2) is 4.98 Å². The van der Waals surface area contributed by atoms with Crippen molar-refractivity contribution in [2.24, 2.45) is 5.92 Å². The van der Waals surface area contributed by atoms with Crippen molar-refractivity contribution in [3.63, 3.8) is 0 Å². The van der Waals surface area contributed by atoms with Gasteiger partial charge in [-0.3, -0.25) is 0 Å². The molecule has 0 unspecified atom stereocenters. The van der Waals surface area contributed by atoms with E-state index in [1.165, 1.54) is 0 Å². The van der Waals surface area contributed by atoms with Crippen molar-refractivity contribution >= 4 is 11.6 Å². The summed E-state index contributed by atoms with van der Waals surface area (Å²) in [6.07, 6.45) is -2.74. The molecule has 9 heteroatoms. The van der Waals surface area contributed by atoms with Gasteiger partial charge in [0.1, 0.15) is 5.82 Å². The van der Waals surface area contributed by atoms with Gasteiger partial charge in [0.2, 0.25) is 0 Å². The normalized spacial score (nSPS) is 22.8. The predicted molar refractivity (Wildman–Crippen MR) is 77.1 cm³/mol. The molecule has 0 aliphatic carbocycles.